The molecule has 2 atom stereocenters. The van der Waals surface area contributed by atoms with E-state index >= 15 is 0 Å². The maximum Gasteiger partial charge on any atom is 0.407 e. The second-order valence-corrected chi connectivity index (χ2v) is 4.35. The van der Waals surface area contributed by atoms with Gasteiger partial charge in [0.15, 0.2) is 12.0 Å². The zero-order chi connectivity index (χ0) is 13.1. The van der Waals surface area contributed by atoms with Crippen LogP contribution < -0.4 is 0 Å². The molecule has 5 heteroatoms. The van der Waals surface area contributed by atoms with E-state index in [9.17, 15) is 14.0 Å². The first kappa shape index (κ1) is 12.5. The van der Waals surface area contributed by atoms with Gasteiger partial charge in [-0.2, -0.15) is 0 Å². The SMILES string of the molecule is O=C1CCN(C(=O)O)C(Cc2ccccc2)C1F. The molecule has 4 nitrogen and oxygen atoms in total. The number of carboxylic acid groups (broad SMARTS) is 1. The van der Waals surface area contributed by atoms with Gasteiger partial charge in [-0.05, 0) is 12.0 Å². The number of Topliss-reactive ketones (excluding diaryl/α,β-unsaturated/α-hetero) is 1. The fourth-order valence-corrected chi connectivity index (χ4v) is 2.21. The van der Waals surface area contributed by atoms with Gasteiger partial charge < -0.3 is 10.0 Å². The second-order valence-electron chi connectivity index (χ2n) is 4.35. The molecule has 0 saturated carbocycles. The van der Waals surface area contributed by atoms with E-state index in [2.05, 4.69) is 0 Å². The van der Waals surface area contributed by atoms with Crippen LogP contribution in [-0.2, 0) is 11.2 Å². The Morgan fingerprint density at radius 3 is 2.67 bits per heavy atom. The zero-order valence-electron chi connectivity index (χ0n) is 9.75. The molecule has 1 heterocycles. The maximum atomic E-state index is 13.9. The van der Waals surface area contributed by atoms with Crippen LogP contribution in [0.3, 0.4) is 0 Å². The van der Waals surface area contributed by atoms with E-state index in [1.807, 2.05) is 6.07 Å². The van der Waals surface area contributed by atoms with Crippen LogP contribution >= 0.6 is 0 Å². The van der Waals surface area contributed by atoms with Crippen molar-refractivity contribution in [3.05, 3.63) is 35.9 Å². The fraction of sp³-hybridized carbons (Fsp3) is 0.385. The van der Waals surface area contributed by atoms with Crippen LogP contribution in [0, 0.1) is 0 Å². The zero-order valence-corrected chi connectivity index (χ0v) is 9.75. The number of rotatable bonds is 2. The molecule has 2 unspecified atom stereocenters. The van der Waals surface area contributed by atoms with Crippen molar-refractivity contribution in [3.8, 4) is 0 Å². The number of carbonyl (C=O) groups is 2. The van der Waals surface area contributed by atoms with Gasteiger partial charge in [0.2, 0.25) is 0 Å². The number of benzene rings is 1. The summed E-state index contributed by atoms with van der Waals surface area (Å²) in [7, 11) is 0. The first-order chi connectivity index (χ1) is 8.59. The average Bonchev–Trinajstić information content (AvgIpc) is 2.36. The molecule has 0 aliphatic carbocycles. The topological polar surface area (TPSA) is 57.6 Å². The van der Waals surface area contributed by atoms with Gasteiger partial charge in [0.1, 0.15) is 0 Å². The van der Waals surface area contributed by atoms with Crippen molar-refractivity contribution in [2.45, 2.75) is 25.1 Å². The Balaban J connectivity index is 2.19. The molecule has 2 rings (SSSR count). The van der Waals surface area contributed by atoms with E-state index in [1.54, 1.807) is 24.3 Å². The Morgan fingerprint density at radius 2 is 2.06 bits per heavy atom. The Bertz CT molecular complexity index is 449. The van der Waals surface area contributed by atoms with E-state index in [4.69, 9.17) is 5.11 Å². The van der Waals surface area contributed by atoms with E-state index in [0.29, 0.717) is 0 Å². The number of carbonyl (C=O) groups excluding carboxylic acids is 1. The van der Waals surface area contributed by atoms with Gasteiger partial charge in [0.25, 0.3) is 0 Å². The molecule has 1 amide bonds. The monoisotopic (exact) mass is 251 g/mol. The first-order valence-electron chi connectivity index (χ1n) is 5.80. The van der Waals surface area contributed by atoms with E-state index < -0.39 is 24.1 Å². The summed E-state index contributed by atoms with van der Waals surface area (Å²) in [6, 6.07) is 8.12. The molecule has 1 aliphatic heterocycles. The number of alkyl halides is 1. The number of likely N-dealkylation sites (tertiary alicyclic amines) is 1. The highest BCUT2D eigenvalue weighted by molar-refractivity contribution is 5.86. The van der Waals surface area contributed by atoms with Gasteiger partial charge in [0, 0.05) is 13.0 Å². The Kier molecular flexibility index (Phi) is 3.60. The Morgan fingerprint density at radius 1 is 1.39 bits per heavy atom. The van der Waals surface area contributed by atoms with Crippen molar-refractivity contribution in [3.63, 3.8) is 0 Å². The third-order valence-electron chi connectivity index (χ3n) is 3.18. The van der Waals surface area contributed by atoms with Crippen LogP contribution in [0.4, 0.5) is 9.18 Å². The molecule has 1 N–H and O–H groups in total. The van der Waals surface area contributed by atoms with E-state index in [-0.39, 0.29) is 19.4 Å². The third-order valence-corrected chi connectivity index (χ3v) is 3.18. The molecule has 1 saturated heterocycles. The highest BCUT2D eigenvalue weighted by atomic mass is 19.1. The van der Waals surface area contributed by atoms with Crippen molar-refractivity contribution in [2.75, 3.05) is 6.54 Å². The summed E-state index contributed by atoms with van der Waals surface area (Å²) in [4.78, 5) is 23.5. The number of amides is 1. The quantitative estimate of drug-likeness (QED) is 0.873. The van der Waals surface area contributed by atoms with Crippen LogP contribution in [0.2, 0.25) is 0 Å². The minimum atomic E-state index is -1.73. The summed E-state index contributed by atoms with van der Waals surface area (Å²) in [6.07, 6.45) is -2.72. The Labute approximate surface area is 104 Å². The van der Waals surface area contributed by atoms with Gasteiger partial charge in [0.05, 0.1) is 6.04 Å². The molecule has 1 fully saturated rings. The van der Waals surface area contributed by atoms with Crippen molar-refractivity contribution in [1.29, 1.82) is 0 Å². The van der Waals surface area contributed by atoms with Crippen molar-refractivity contribution >= 4 is 11.9 Å². The summed E-state index contributed by atoms with van der Waals surface area (Å²) >= 11 is 0. The standard InChI is InChI=1S/C13H14FNO3/c14-12-10(8-9-4-2-1-3-5-9)15(13(17)18)7-6-11(12)16/h1-5,10,12H,6-8H2,(H,17,18). The normalized spacial score (nSPS) is 24.1. The predicted octanol–water partition coefficient (Wildman–Crippen LogP) is 1.89. The third kappa shape index (κ3) is 2.50. The van der Waals surface area contributed by atoms with Crippen LogP contribution in [0.1, 0.15) is 12.0 Å². The number of halogens is 1. The van der Waals surface area contributed by atoms with Gasteiger partial charge in [-0.3, -0.25) is 4.79 Å². The van der Waals surface area contributed by atoms with Crippen LogP contribution in [0.25, 0.3) is 0 Å². The molecule has 1 aromatic rings. The molecular weight excluding hydrogens is 237 g/mol. The second kappa shape index (κ2) is 5.16. The van der Waals surface area contributed by atoms with Crippen molar-refractivity contribution in [2.24, 2.45) is 0 Å². The van der Waals surface area contributed by atoms with Crippen molar-refractivity contribution in [1.82, 2.24) is 4.90 Å². The summed E-state index contributed by atoms with van der Waals surface area (Å²) in [6.45, 7) is 0.0755. The summed E-state index contributed by atoms with van der Waals surface area (Å²) < 4.78 is 13.9. The molecule has 0 aromatic heterocycles. The predicted molar refractivity (Wildman–Crippen MR) is 63.2 cm³/mol. The Hall–Kier alpha value is -1.91. The number of hydrogen-bond donors (Lipinski definition) is 1. The van der Waals surface area contributed by atoms with Gasteiger partial charge in [-0.15, -0.1) is 0 Å². The summed E-state index contributed by atoms with van der Waals surface area (Å²) in [5.41, 5.74) is 0.825. The molecule has 1 aromatic carbocycles. The van der Waals surface area contributed by atoms with Gasteiger partial charge in [-0.1, -0.05) is 30.3 Å². The van der Waals surface area contributed by atoms with Gasteiger partial charge >= 0.3 is 6.09 Å². The van der Waals surface area contributed by atoms with Gasteiger partial charge in [-0.25, -0.2) is 9.18 Å². The minimum Gasteiger partial charge on any atom is -0.465 e. The molecule has 0 spiro atoms. The maximum absolute atomic E-state index is 13.9. The van der Waals surface area contributed by atoms with Crippen LogP contribution in [-0.4, -0.2) is 40.6 Å². The molecule has 96 valence electrons. The highest BCUT2D eigenvalue weighted by Crippen LogP contribution is 2.21. The summed E-state index contributed by atoms with van der Waals surface area (Å²) in [5.74, 6) is -0.506. The van der Waals surface area contributed by atoms with Crippen LogP contribution in [0.5, 0.6) is 0 Å². The summed E-state index contributed by atoms with van der Waals surface area (Å²) in [5, 5.41) is 9.04. The van der Waals surface area contributed by atoms with E-state index in [1.165, 1.54) is 0 Å². The number of nitrogens with zero attached hydrogens (tertiary/aromatic N) is 1. The lowest BCUT2D eigenvalue weighted by atomic mass is 9.93. The highest BCUT2D eigenvalue weighted by Gasteiger charge is 2.39. The van der Waals surface area contributed by atoms with Crippen LogP contribution in [0.15, 0.2) is 30.3 Å². The number of piperidine rings is 1. The smallest absolute Gasteiger partial charge is 0.407 e. The number of hydrogen-bond acceptors (Lipinski definition) is 2. The lowest BCUT2D eigenvalue weighted by Gasteiger charge is -2.35. The average molecular weight is 251 g/mol. The molecular formula is C13H14FNO3. The fourth-order valence-electron chi connectivity index (χ4n) is 2.21. The van der Waals surface area contributed by atoms with Crippen molar-refractivity contribution < 1.29 is 19.1 Å². The van der Waals surface area contributed by atoms with E-state index in [0.717, 1.165) is 10.5 Å². The largest absolute Gasteiger partial charge is 0.465 e. The molecule has 0 bridgehead atoms. The number of ketones is 1. The molecule has 1 aliphatic rings. The minimum absolute atomic E-state index is 0.0429. The lowest BCUT2D eigenvalue weighted by molar-refractivity contribution is -0.129. The molecule has 18 heavy (non-hydrogen) atoms. The molecule has 0 radical (unpaired) electrons. The lowest BCUT2D eigenvalue weighted by Crippen LogP contribution is -2.54. The first-order valence-corrected chi connectivity index (χ1v) is 5.80.